The van der Waals surface area contributed by atoms with E-state index >= 15 is 0 Å². The van der Waals surface area contributed by atoms with Gasteiger partial charge in [-0.15, -0.1) is 0 Å². The first-order chi connectivity index (χ1) is 22.1. The van der Waals surface area contributed by atoms with Crippen LogP contribution in [-0.2, 0) is 23.7 Å². The number of piperidine rings is 1. The minimum atomic E-state index is -1.05. The Labute approximate surface area is 275 Å². The molecular weight excluding hydrogens is 594 g/mol. The predicted molar refractivity (Wildman–Crippen MR) is 168 cm³/mol. The summed E-state index contributed by atoms with van der Waals surface area (Å²) in [7, 11) is 3.27. The Morgan fingerprint density at radius 1 is 0.978 bits per heavy atom. The Balaban J connectivity index is 1.36. The smallest absolute Gasteiger partial charge is 0.137 e. The lowest BCUT2D eigenvalue weighted by atomic mass is 9.77. The number of rotatable bonds is 16. The molecule has 0 aromatic carbocycles. The third kappa shape index (κ3) is 11.0. The van der Waals surface area contributed by atoms with Gasteiger partial charge in [0.2, 0.25) is 0 Å². The number of likely N-dealkylation sites (N-methyl/N-ethyl adjacent to an activating group) is 1. The Kier molecular flexibility index (Phi) is 15.4. The molecule has 2 heterocycles. The molecule has 0 amide bonds. The minimum Gasteiger partial charge on any atom is -0.550 e. The monoisotopic (exact) mass is 658 g/mol. The van der Waals surface area contributed by atoms with Gasteiger partial charge in [-0.05, 0) is 102 Å². The lowest BCUT2D eigenvalue weighted by Gasteiger charge is -2.44. The second kappa shape index (κ2) is 18.7. The van der Waals surface area contributed by atoms with Crippen molar-refractivity contribution < 1.29 is 54.8 Å². The van der Waals surface area contributed by atoms with Crippen LogP contribution < -0.4 is 21.5 Å². The summed E-state index contributed by atoms with van der Waals surface area (Å²) in [5.41, 5.74) is 6.20. The van der Waals surface area contributed by atoms with Crippen molar-refractivity contribution in [2.75, 3.05) is 33.9 Å². The summed E-state index contributed by atoms with van der Waals surface area (Å²) in [5.74, 6) is -0.291. The van der Waals surface area contributed by atoms with Gasteiger partial charge in [-0.3, -0.25) is 5.73 Å². The van der Waals surface area contributed by atoms with E-state index in [0.29, 0.717) is 44.1 Å². The Morgan fingerprint density at radius 3 is 2.43 bits per heavy atom. The van der Waals surface area contributed by atoms with Gasteiger partial charge in [0, 0.05) is 32.5 Å². The van der Waals surface area contributed by atoms with Gasteiger partial charge in [-0.1, -0.05) is 0 Å². The molecule has 268 valence electrons. The van der Waals surface area contributed by atoms with Gasteiger partial charge in [0.15, 0.2) is 0 Å². The van der Waals surface area contributed by atoms with Crippen LogP contribution in [0.4, 0.5) is 0 Å². The summed E-state index contributed by atoms with van der Waals surface area (Å²) in [5, 5.41) is 48.4. The summed E-state index contributed by atoms with van der Waals surface area (Å²) >= 11 is 0. The van der Waals surface area contributed by atoms with E-state index in [9.17, 15) is 25.2 Å². The van der Waals surface area contributed by atoms with Crippen LogP contribution in [0.5, 0.6) is 0 Å². The average Bonchev–Trinajstić information content (AvgIpc) is 3.02. The molecule has 14 atom stereocenters. The van der Waals surface area contributed by atoms with E-state index < -0.39 is 36.5 Å². The van der Waals surface area contributed by atoms with Crippen molar-refractivity contribution in [1.82, 2.24) is 0 Å². The van der Waals surface area contributed by atoms with Crippen molar-refractivity contribution in [2.24, 2.45) is 29.4 Å². The minimum absolute atomic E-state index is 0.0285. The molecule has 4 fully saturated rings. The maximum atomic E-state index is 11.8. The zero-order valence-corrected chi connectivity index (χ0v) is 28.4. The van der Waals surface area contributed by atoms with E-state index in [0.717, 1.165) is 64.5 Å². The first kappa shape index (κ1) is 37.9. The van der Waals surface area contributed by atoms with Crippen molar-refractivity contribution in [1.29, 1.82) is 0 Å². The highest BCUT2D eigenvalue weighted by molar-refractivity contribution is 5.64. The van der Waals surface area contributed by atoms with Gasteiger partial charge in [-0.25, -0.2) is 0 Å². The van der Waals surface area contributed by atoms with Crippen LogP contribution in [0, 0.1) is 23.7 Å². The highest BCUT2D eigenvalue weighted by Crippen LogP contribution is 2.39. The predicted octanol–water partition coefficient (Wildman–Crippen LogP) is -1.62. The molecule has 4 rings (SSSR count). The molecule has 12 nitrogen and oxygen atoms in total. The van der Waals surface area contributed by atoms with Gasteiger partial charge < -0.3 is 54.8 Å². The molecule has 2 aliphatic heterocycles. The Bertz CT molecular complexity index is 902. The van der Waals surface area contributed by atoms with Crippen LogP contribution in [0.15, 0.2) is 0 Å². The van der Waals surface area contributed by atoms with Crippen molar-refractivity contribution in [3.05, 3.63) is 0 Å². The second-order valence-corrected chi connectivity index (χ2v) is 14.8. The molecule has 2 aliphatic carbocycles. The molecule has 0 aromatic rings. The lowest BCUT2D eigenvalue weighted by Crippen LogP contribution is -2.94. The number of ether oxygens (including phenoxy) is 4. The van der Waals surface area contributed by atoms with E-state index in [1.807, 2.05) is 0 Å². The van der Waals surface area contributed by atoms with E-state index in [-0.39, 0.29) is 48.8 Å². The summed E-state index contributed by atoms with van der Waals surface area (Å²) in [6.45, 7) is 4.11. The molecule has 2 saturated carbocycles. The molecule has 2 saturated heterocycles. The van der Waals surface area contributed by atoms with Crippen LogP contribution in [-0.4, -0.2) is 116 Å². The van der Waals surface area contributed by atoms with Crippen molar-refractivity contribution >= 4 is 5.97 Å². The molecule has 4 aliphatic rings. The summed E-state index contributed by atoms with van der Waals surface area (Å²) < 4.78 is 24.4. The Morgan fingerprint density at radius 2 is 1.74 bits per heavy atom. The number of aliphatic hydroxyl groups excluding tert-OH is 3. The van der Waals surface area contributed by atoms with Gasteiger partial charge in [-0.2, -0.15) is 0 Å². The number of hydrogen-bond donors (Lipinski definition) is 6. The third-order valence-corrected chi connectivity index (χ3v) is 11.5. The fourth-order valence-corrected chi connectivity index (χ4v) is 8.91. The fraction of sp³-hybridized carbons (Fsp3) is 0.971. The molecule has 9 N–H and O–H groups in total. The van der Waals surface area contributed by atoms with Gasteiger partial charge in [0.1, 0.15) is 18.3 Å². The van der Waals surface area contributed by atoms with Crippen molar-refractivity contribution in [3.63, 3.8) is 0 Å². The molecule has 12 heteroatoms. The number of aliphatic hydroxyl groups is 3. The van der Waals surface area contributed by atoms with Crippen LogP contribution in [0.2, 0.25) is 0 Å². The first-order valence-corrected chi connectivity index (χ1v) is 18.1. The standard InChI is InChI=1S/C34H63N3O9/c1-4-36-26(22(16-33(40)41)11-21-9-10-37-32(35)13-21)19-45-31-15-23(14-30(44-3)34(31)42)28-18-24(38)17-25(46-28)7-5-20-6-8-27(39)29(12-20)43-2/h20-32,34,36-39,42H,4-19,35H2,1-3H3,(H,40,41)/p+1/t20?,21?,22-,23?,24-,25-,26+,27?,28+,29?,30?,31?,32?,34?/m0/s1. The van der Waals surface area contributed by atoms with E-state index in [2.05, 4.69) is 17.6 Å². The molecule has 0 aromatic heterocycles. The topological polar surface area (TPSA) is 197 Å². The zero-order valence-electron chi connectivity index (χ0n) is 28.4. The maximum Gasteiger partial charge on any atom is 0.137 e. The third-order valence-electron chi connectivity index (χ3n) is 11.5. The van der Waals surface area contributed by atoms with Crippen molar-refractivity contribution in [3.8, 4) is 0 Å². The average molecular weight is 659 g/mol. The number of carboxylic acids is 1. The number of quaternary nitrogens is 2. The largest absolute Gasteiger partial charge is 0.550 e. The SMILES string of the molecule is CC[NH2+][C@H](COC1CC([C@H]2C[C@@H](O)C[C@H](CCC3CCC(O)C(OC)C3)O2)CC(OC)C1O)[C@H](CC(=O)[O-])CC1CC[NH2+]C(N)C1. The lowest BCUT2D eigenvalue weighted by molar-refractivity contribution is -0.701. The number of methoxy groups -OCH3 is 2. The number of carbonyl (C=O) groups is 1. The van der Waals surface area contributed by atoms with Gasteiger partial charge in [0.05, 0.1) is 62.4 Å². The maximum absolute atomic E-state index is 11.8. The molecule has 46 heavy (non-hydrogen) atoms. The number of aliphatic carboxylic acids is 1. The van der Waals surface area contributed by atoms with E-state index in [4.69, 9.17) is 24.7 Å². The van der Waals surface area contributed by atoms with Crippen LogP contribution >= 0.6 is 0 Å². The summed E-state index contributed by atoms with van der Waals surface area (Å²) in [4.78, 5) is 11.8. The quantitative estimate of drug-likeness (QED) is 0.112. The van der Waals surface area contributed by atoms with Crippen LogP contribution in [0.25, 0.3) is 0 Å². The molecule has 0 spiro atoms. The van der Waals surface area contributed by atoms with Gasteiger partial charge in [0.25, 0.3) is 0 Å². The highest BCUT2D eigenvalue weighted by atomic mass is 16.5. The van der Waals surface area contributed by atoms with E-state index in [1.165, 1.54) is 0 Å². The van der Waals surface area contributed by atoms with Gasteiger partial charge >= 0.3 is 0 Å². The highest BCUT2D eigenvalue weighted by Gasteiger charge is 2.44. The molecular formula is C34H64N3O9+. The summed E-state index contributed by atoms with van der Waals surface area (Å²) in [6, 6.07) is -0.0886. The molecule has 9 unspecified atom stereocenters. The second-order valence-electron chi connectivity index (χ2n) is 14.8. The van der Waals surface area contributed by atoms with Crippen LogP contribution in [0.1, 0.15) is 90.4 Å². The molecule has 0 radical (unpaired) electrons. The zero-order chi connectivity index (χ0) is 33.2. The number of nitrogens with two attached hydrogens (primary N) is 3. The van der Waals surface area contributed by atoms with Crippen LogP contribution in [0.3, 0.4) is 0 Å². The summed E-state index contributed by atoms with van der Waals surface area (Å²) in [6.07, 6.45) is 6.54. The number of hydrogen-bond acceptors (Lipinski definition) is 10. The fourth-order valence-electron chi connectivity index (χ4n) is 8.91. The molecule has 0 bridgehead atoms. The Hall–Kier alpha value is -0.930. The first-order valence-electron chi connectivity index (χ1n) is 18.1. The number of carboxylic acid groups (broad SMARTS) is 1. The number of carbonyl (C=O) groups excluding carboxylic acids is 1. The normalized spacial score (nSPS) is 40.3. The van der Waals surface area contributed by atoms with Crippen molar-refractivity contribution in [2.45, 2.75) is 151 Å². The van der Waals surface area contributed by atoms with E-state index in [1.54, 1.807) is 14.2 Å².